The Kier molecular flexibility index (Phi) is 4.94. The fraction of sp³-hybridized carbons (Fsp3) is 0.929. The zero-order chi connectivity index (χ0) is 14.8. The first-order chi connectivity index (χ1) is 9.38. The molecule has 116 valence electrons. The lowest BCUT2D eigenvalue weighted by Crippen LogP contribution is -2.47. The van der Waals surface area contributed by atoms with Crippen LogP contribution in [0.25, 0.3) is 0 Å². The van der Waals surface area contributed by atoms with Gasteiger partial charge in [-0.2, -0.15) is 13.2 Å². The van der Waals surface area contributed by atoms with E-state index in [-0.39, 0.29) is 18.5 Å². The van der Waals surface area contributed by atoms with E-state index in [1.807, 2.05) is 0 Å². The van der Waals surface area contributed by atoms with E-state index >= 15 is 0 Å². The summed E-state index contributed by atoms with van der Waals surface area (Å²) in [5.41, 5.74) is 5.79. The summed E-state index contributed by atoms with van der Waals surface area (Å²) in [5, 5.41) is 2.82. The summed E-state index contributed by atoms with van der Waals surface area (Å²) in [4.78, 5) is 12.2. The zero-order valence-corrected chi connectivity index (χ0v) is 11.6. The van der Waals surface area contributed by atoms with Crippen LogP contribution in [0.15, 0.2) is 0 Å². The molecule has 0 aromatic heterocycles. The number of hydrogen-bond donors (Lipinski definition) is 2. The first kappa shape index (κ1) is 15.6. The summed E-state index contributed by atoms with van der Waals surface area (Å²) >= 11 is 0. The summed E-state index contributed by atoms with van der Waals surface area (Å²) in [6, 6.07) is 0.166. The SMILES string of the molecule is NC1CCC(NC(=O)C2CCCCC2C(F)(F)F)CC1. The second kappa shape index (κ2) is 6.33. The zero-order valence-electron chi connectivity index (χ0n) is 11.6. The summed E-state index contributed by atoms with van der Waals surface area (Å²) < 4.78 is 39.0. The number of alkyl halides is 3. The largest absolute Gasteiger partial charge is 0.392 e. The number of carbonyl (C=O) groups excluding carboxylic acids is 1. The molecule has 0 saturated heterocycles. The Hall–Kier alpha value is -0.780. The van der Waals surface area contributed by atoms with Gasteiger partial charge < -0.3 is 11.1 Å². The molecule has 2 atom stereocenters. The molecule has 2 fully saturated rings. The molecule has 0 bridgehead atoms. The van der Waals surface area contributed by atoms with Crippen LogP contribution < -0.4 is 11.1 Å². The average Bonchev–Trinajstić information content (AvgIpc) is 2.40. The van der Waals surface area contributed by atoms with Gasteiger partial charge in [-0.05, 0) is 38.5 Å². The van der Waals surface area contributed by atoms with Crippen molar-refractivity contribution in [1.82, 2.24) is 5.32 Å². The minimum atomic E-state index is -4.27. The first-order valence-corrected chi connectivity index (χ1v) is 7.50. The molecule has 1 amide bonds. The van der Waals surface area contributed by atoms with E-state index in [1.165, 1.54) is 0 Å². The minimum absolute atomic E-state index is 0.00175. The molecule has 2 unspecified atom stereocenters. The van der Waals surface area contributed by atoms with E-state index in [2.05, 4.69) is 5.32 Å². The van der Waals surface area contributed by atoms with Gasteiger partial charge in [0.15, 0.2) is 0 Å². The van der Waals surface area contributed by atoms with Crippen molar-refractivity contribution in [2.24, 2.45) is 17.6 Å². The third-order valence-electron chi connectivity index (χ3n) is 4.64. The third kappa shape index (κ3) is 3.87. The lowest BCUT2D eigenvalue weighted by atomic mass is 9.78. The van der Waals surface area contributed by atoms with Crippen LogP contribution in [0.5, 0.6) is 0 Å². The van der Waals surface area contributed by atoms with Crippen LogP contribution in [0.4, 0.5) is 13.2 Å². The van der Waals surface area contributed by atoms with Gasteiger partial charge in [0.1, 0.15) is 0 Å². The smallest absolute Gasteiger partial charge is 0.353 e. The van der Waals surface area contributed by atoms with E-state index in [0.29, 0.717) is 19.3 Å². The van der Waals surface area contributed by atoms with Gasteiger partial charge in [0.05, 0.1) is 5.92 Å². The summed E-state index contributed by atoms with van der Waals surface area (Å²) in [6.45, 7) is 0. The van der Waals surface area contributed by atoms with E-state index in [0.717, 1.165) is 25.7 Å². The molecule has 0 spiro atoms. The Morgan fingerprint density at radius 3 is 2.20 bits per heavy atom. The molecule has 20 heavy (non-hydrogen) atoms. The van der Waals surface area contributed by atoms with Gasteiger partial charge in [0, 0.05) is 18.0 Å². The second-order valence-corrected chi connectivity index (χ2v) is 6.16. The summed E-state index contributed by atoms with van der Waals surface area (Å²) in [7, 11) is 0. The number of carbonyl (C=O) groups is 1. The Morgan fingerprint density at radius 1 is 1.00 bits per heavy atom. The Bertz CT molecular complexity index is 338. The van der Waals surface area contributed by atoms with E-state index in [9.17, 15) is 18.0 Å². The molecule has 3 N–H and O–H groups in total. The highest BCUT2D eigenvalue weighted by atomic mass is 19.4. The van der Waals surface area contributed by atoms with Crippen LogP contribution in [-0.4, -0.2) is 24.2 Å². The first-order valence-electron chi connectivity index (χ1n) is 7.50. The lowest BCUT2D eigenvalue weighted by Gasteiger charge is -2.34. The number of hydrogen-bond acceptors (Lipinski definition) is 2. The van der Waals surface area contributed by atoms with Crippen molar-refractivity contribution in [3.63, 3.8) is 0 Å². The maximum Gasteiger partial charge on any atom is 0.392 e. The molecule has 0 aromatic rings. The van der Waals surface area contributed by atoms with Crippen molar-refractivity contribution in [2.45, 2.75) is 69.6 Å². The van der Waals surface area contributed by atoms with Crippen LogP contribution in [0.3, 0.4) is 0 Å². The number of halogens is 3. The van der Waals surface area contributed by atoms with Gasteiger partial charge in [0.25, 0.3) is 0 Å². The van der Waals surface area contributed by atoms with Gasteiger partial charge in [-0.25, -0.2) is 0 Å². The number of rotatable bonds is 2. The molecule has 6 heteroatoms. The lowest BCUT2D eigenvalue weighted by molar-refractivity contribution is -0.198. The van der Waals surface area contributed by atoms with Gasteiger partial charge in [-0.3, -0.25) is 4.79 Å². The Morgan fingerprint density at radius 2 is 1.60 bits per heavy atom. The van der Waals surface area contributed by atoms with E-state index in [4.69, 9.17) is 5.73 Å². The molecule has 3 nitrogen and oxygen atoms in total. The number of nitrogens with one attached hydrogen (secondary N) is 1. The normalized spacial score (nSPS) is 35.6. The number of amides is 1. The van der Waals surface area contributed by atoms with Gasteiger partial charge in [-0.1, -0.05) is 12.8 Å². The molecule has 2 rings (SSSR count). The van der Waals surface area contributed by atoms with Crippen molar-refractivity contribution in [1.29, 1.82) is 0 Å². The topological polar surface area (TPSA) is 55.1 Å². The molecular weight excluding hydrogens is 269 g/mol. The van der Waals surface area contributed by atoms with Crippen molar-refractivity contribution in [3.8, 4) is 0 Å². The third-order valence-corrected chi connectivity index (χ3v) is 4.64. The van der Waals surface area contributed by atoms with Crippen LogP contribution in [0.2, 0.25) is 0 Å². The Labute approximate surface area is 117 Å². The predicted octanol–water partition coefficient (Wildman–Crippen LogP) is 2.74. The van der Waals surface area contributed by atoms with Gasteiger partial charge in [-0.15, -0.1) is 0 Å². The molecule has 0 aromatic carbocycles. The van der Waals surface area contributed by atoms with Gasteiger partial charge >= 0.3 is 6.18 Å². The quantitative estimate of drug-likeness (QED) is 0.822. The summed E-state index contributed by atoms with van der Waals surface area (Å²) in [6.07, 6.45) is 0.645. The molecule has 0 heterocycles. The van der Waals surface area contributed by atoms with Crippen molar-refractivity contribution in [3.05, 3.63) is 0 Å². The van der Waals surface area contributed by atoms with Crippen molar-refractivity contribution in [2.75, 3.05) is 0 Å². The van der Waals surface area contributed by atoms with Gasteiger partial charge in [0.2, 0.25) is 5.91 Å². The molecule has 0 radical (unpaired) electrons. The molecular formula is C14H23F3N2O. The average molecular weight is 292 g/mol. The van der Waals surface area contributed by atoms with Crippen LogP contribution >= 0.6 is 0 Å². The molecule has 0 aliphatic heterocycles. The van der Waals surface area contributed by atoms with Crippen LogP contribution in [0, 0.1) is 11.8 Å². The minimum Gasteiger partial charge on any atom is -0.353 e. The Balaban J connectivity index is 1.92. The maximum atomic E-state index is 13.0. The standard InChI is InChI=1S/C14H23F3N2O/c15-14(16,17)12-4-2-1-3-11(12)13(20)19-10-7-5-9(18)6-8-10/h9-12H,1-8,18H2,(H,19,20). The fourth-order valence-corrected chi connectivity index (χ4v) is 3.41. The second-order valence-electron chi connectivity index (χ2n) is 6.16. The van der Waals surface area contributed by atoms with Crippen molar-refractivity contribution < 1.29 is 18.0 Å². The predicted molar refractivity (Wildman–Crippen MR) is 69.9 cm³/mol. The monoisotopic (exact) mass is 292 g/mol. The van der Waals surface area contributed by atoms with E-state index < -0.39 is 23.9 Å². The highest BCUT2D eigenvalue weighted by Crippen LogP contribution is 2.41. The van der Waals surface area contributed by atoms with Crippen LogP contribution in [-0.2, 0) is 4.79 Å². The molecule has 2 aliphatic carbocycles. The molecule has 2 aliphatic rings. The molecule has 2 saturated carbocycles. The van der Waals surface area contributed by atoms with Crippen molar-refractivity contribution >= 4 is 5.91 Å². The highest BCUT2D eigenvalue weighted by molar-refractivity contribution is 5.79. The maximum absolute atomic E-state index is 13.0. The summed E-state index contributed by atoms with van der Waals surface area (Å²) in [5.74, 6) is -2.78. The van der Waals surface area contributed by atoms with Crippen LogP contribution in [0.1, 0.15) is 51.4 Å². The van der Waals surface area contributed by atoms with E-state index in [1.54, 1.807) is 0 Å². The number of nitrogens with two attached hydrogens (primary N) is 1. The highest BCUT2D eigenvalue weighted by Gasteiger charge is 2.48. The fourth-order valence-electron chi connectivity index (χ4n) is 3.41.